The molecule has 1 unspecified atom stereocenters. The predicted octanol–water partition coefficient (Wildman–Crippen LogP) is 1.76. The van der Waals surface area contributed by atoms with Gasteiger partial charge in [-0.05, 0) is 43.5 Å². The van der Waals surface area contributed by atoms with E-state index in [-0.39, 0.29) is 18.4 Å². The van der Waals surface area contributed by atoms with Gasteiger partial charge in [-0.25, -0.2) is 0 Å². The van der Waals surface area contributed by atoms with Crippen molar-refractivity contribution in [2.45, 2.75) is 44.2 Å². The summed E-state index contributed by atoms with van der Waals surface area (Å²) in [5, 5.41) is 12.1. The van der Waals surface area contributed by atoms with Crippen molar-refractivity contribution in [2.24, 2.45) is 0 Å². The first kappa shape index (κ1) is 15.8. The van der Waals surface area contributed by atoms with E-state index in [2.05, 4.69) is 5.32 Å². The summed E-state index contributed by atoms with van der Waals surface area (Å²) in [5.74, 6) is -0.334. The third kappa shape index (κ3) is 3.47. The van der Waals surface area contributed by atoms with Crippen LogP contribution in [0, 0.1) is 0 Å². The van der Waals surface area contributed by atoms with E-state index in [0.717, 1.165) is 17.7 Å². The zero-order valence-electron chi connectivity index (χ0n) is 13.1. The SMILES string of the molecule is CC1Cc2cc(C(=O)NC3(CC(=O)O)CCOCC3)ccc2O1. The molecule has 0 bridgehead atoms. The molecule has 1 saturated heterocycles. The van der Waals surface area contributed by atoms with Crippen molar-refractivity contribution in [3.05, 3.63) is 29.3 Å². The van der Waals surface area contributed by atoms with Gasteiger partial charge < -0.3 is 19.9 Å². The van der Waals surface area contributed by atoms with Gasteiger partial charge in [0.25, 0.3) is 5.91 Å². The van der Waals surface area contributed by atoms with Crippen LogP contribution in [0.5, 0.6) is 5.75 Å². The Morgan fingerprint density at radius 3 is 2.78 bits per heavy atom. The number of carboxylic acids is 1. The zero-order chi connectivity index (χ0) is 16.4. The molecule has 0 aliphatic carbocycles. The van der Waals surface area contributed by atoms with Gasteiger partial charge in [-0.2, -0.15) is 0 Å². The molecule has 3 rings (SSSR count). The summed E-state index contributed by atoms with van der Waals surface area (Å²) in [6, 6.07) is 5.36. The number of rotatable bonds is 4. The Morgan fingerprint density at radius 1 is 1.35 bits per heavy atom. The molecule has 1 atom stereocenters. The van der Waals surface area contributed by atoms with Gasteiger partial charge in [0.05, 0.1) is 12.0 Å². The van der Waals surface area contributed by atoms with E-state index in [4.69, 9.17) is 14.6 Å². The maximum Gasteiger partial charge on any atom is 0.305 e. The lowest BCUT2D eigenvalue weighted by Gasteiger charge is -2.36. The molecule has 2 N–H and O–H groups in total. The average Bonchev–Trinajstić information content (AvgIpc) is 2.86. The summed E-state index contributed by atoms with van der Waals surface area (Å²) < 4.78 is 10.9. The van der Waals surface area contributed by atoms with E-state index < -0.39 is 11.5 Å². The fourth-order valence-electron chi connectivity index (χ4n) is 3.27. The summed E-state index contributed by atoms with van der Waals surface area (Å²) in [6.45, 7) is 2.91. The molecule has 1 aromatic rings. The summed E-state index contributed by atoms with van der Waals surface area (Å²) in [6.07, 6.45) is 1.83. The minimum atomic E-state index is -0.914. The Hall–Kier alpha value is -2.08. The van der Waals surface area contributed by atoms with Crippen molar-refractivity contribution >= 4 is 11.9 Å². The van der Waals surface area contributed by atoms with Gasteiger partial charge in [-0.3, -0.25) is 9.59 Å². The fraction of sp³-hybridized carbons (Fsp3) is 0.529. The minimum Gasteiger partial charge on any atom is -0.490 e. The number of aliphatic carboxylic acids is 1. The molecule has 1 aromatic carbocycles. The Morgan fingerprint density at radius 2 is 2.09 bits per heavy atom. The van der Waals surface area contributed by atoms with Crippen LogP contribution in [0.4, 0.5) is 0 Å². The molecule has 1 fully saturated rings. The van der Waals surface area contributed by atoms with Crippen LogP contribution in [-0.2, 0) is 16.0 Å². The third-order valence-electron chi connectivity index (χ3n) is 4.48. The van der Waals surface area contributed by atoms with Crippen molar-refractivity contribution in [3.63, 3.8) is 0 Å². The van der Waals surface area contributed by atoms with E-state index >= 15 is 0 Å². The first-order chi connectivity index (χ1) is 11.0. The number of carbonyl (C=O) groups excluding carboxylic acids is 1. The molecule has 2 aliphatic rings. The van der Waals surface area contributed by atoms with Crippen molar-refractivity contribution in [1.82, 2.24) is 5.32 Å². The van der Waals surface area contributed by atoms with E-state index in [0.29, 0.717) is 31.6 Å². The summed E-state index contributed by atoms with van der Waals surface area (Å²) >= 11 is 0. The van der Waals surface area contributed by atoms with Crippen LogP contribution in [0.3, 0.4) is 0 Å². The molecule has 23 heavy (non-hydrogen) atoms. The second-order valence-electron chi connectivity index (χ2n) is 6.37. The normalized spacial score (nSPS) is 22.0. The lowest BCUT2D eigenvalue weighted by atomic mass is 9.86. The number of carbonyl (C=O) groups is 2. The van der Waals surface area contributed by atoms with E-state index in [1.807, 2.05) is 19.1 Å². The summed E-state index contributed by atoms with van der Waals surface area (Å²) in [4.78, 5) is 23.8. The number of benzene rings is 1. The number of hydrogen-bond donors (Lipinski definition) is 2. The molecule has 2 aliphatic heterocycles. The van der Waals surface area contributed by atoms with Crippen molar-refractivity contribution < 1.29 is 24.2 Å². The fourth-order valence-corrected chi connectivity index (χ4v) is 3.27. The molecule has 0 radical (unpaired) electrons. The van der Waals surface area contributed by atoms with Crippen molar-refractivity contribution in [2.75, 3.05) is 13.2 Å². The lowest BCUT2D eigenvalue weighted by Crippen LogP contribution is -2.53. The first-order valence-corrected chi connectivity index (χ1v) is 7.89. The Bertz CT molecular complexity index is 621. The van der Waals surface area contributed by atoms with Gasteiger partial charge in [0.1, 0.15) is 11.9 Å². The van der Waals surface area contributed by atoms with Crippen molar-refractivity contribution in [1.29, 1.82) is 0 Å². The molecule has 6 heteroatoms. The summed E-state index contributed by atoms with van der Waals surface area (Å²) in [5.41, 5.74) is 0.825. The molecule has 1 amide bonds. The number of amides is 1. The van der Waals surface area contributed by atoms with Crippen LogP contribution < -0.4 is 10.1 Å². The second-order valence-corrected chi connectivity index (χ2v) is 6.37. The van der Waals surface area contributed by atoms with Gasteiger partial charge >= 0.3 is 5.97 Å². The number of carboxylic acid groups (broad SMARTS) is 1. The monoisotopic (exact) mass is 319 g/mol. The van der Waals surface area contributed by atoms with Crippen molar-refractivity contribution in [3.8, 4) is 5.75 Å². The quantitative estimate of drug-likeness (QED) is 0.883. The van der Waals surface area contributed by atoms with Crippen LogP contribution >= 0.6 is 0 Å². The van der Waals surface area contributed by atoms with Crippen LogP contribution in [0.2, 0.25) is 0 Å². The van der Waals surface area contributed by atoms with Crippen LogP contribution in [0.1, 0.15) is 42.1 Å². The molecular formula is C17H21NO5. The Labute approximate surface area is 134 Å². The van der Waals surface area contributed by atoms with Gasteiger partial charge in [0.2, 0.25) is 0 Å². The minimum absolute atomic E-state index is 0.0901. The molecule has 2 heterocycles. The molecule has 0 saturated carbocycles. The predicted molar refractivity (Wildman–Crippen MR) is 82.7 cm³/mol. The third-order valence-corrected chi connectivity index (χ3v) is 4.48. The summed E-state index contributed by atoms with van der Waals surface area (Å²) in [7, 11) is 0. The number of fused-ring (bicyclic) bond motifs is 1. The Kier molecular flexibility index (Phi) is 4.26. The average molecular weight is 319 g/mol. The molecule has 0 aromatic heterocycles. The van der Waals surface area contributed by atoms with E-state index in [1.54, 1.807) is 6.07 Å². The molecule has 124 valence electrons. The maximum absolute atomic E-state index is 12.6. The Balaban J connectivity index is 1.77. The van der Waals surface area contributed by atoms with E-state index in [1.165, 1.54) is 0 Å². The molecule has 6 nitrogen and oxygen atoms in total. The van der Waals surface area contributed by atoms with E-state index in [9.17, 15) is 9.59 Å². The largest absolute Gasteiger partial charge is 0.490 e. The van der Waals surface area contributed by atoms with Gasteiger partial charge in [-0.15, -0.1) is 0 Å². The highest BCUT2D eigenvalue weighted by atomic mass is 16.5. The smallest absolute Gasteiger partial charge is 0.305 e. The first-order valence-electron chi connectivity index (χ1n) is 7.89. The standard InChI is InChI=1S/C17H21NO5/c1-11-8-13-9-12(2-3-14(13)23-11)16(21)18-17(10-15(19)20)4-6-22-7-5-17/h2-3,9,11H,4-8,10H2,1H3,(H,18,21)(H,19,20). The van der Waals surface area contributed by atoms with Gasteiger partial charge in [0, 0.05) is 25.2 Å². The van der Waals surface area contributed by atoms with Gasteiger partial charge in [-0.1, -0.05) is 0 Å². The number of ether oxygens (including phenoxy) is 2. The highest BCUT2D eigenvalue weighted by molar-refractivity contribution is 5.95. The maximum atomic E-state index is 12.6. The number of nitrogens with one attached hydrogen (secondary N) is 1. The highest BCUT2D eigenvalue weighted by Gasteiger charge is 2.36. The topological polar surface area (TPSA) is 84.9 Å². The van der Waals surface area contributed by atoms with Crippen LogP contribution in [-0.4, -0.2) is 41.8 Å². The lowest BCUT2D eigenvalue weighted by molar-refractivity contribution is -0.139. The van der Waals surface area contributed by atoms with Crippen LogP contribution in [0.25, 0.3) is 0 Å². The van der Waals surface area contributed by atoms with Gasteiger partial charge in [0.15, 0.2) is 0 Å². The second kappa shape index (κ2) is 6.20. The highest BCUT2D eigenvalue weighted by Crippen LogP contribution is 2.30. The number of hydrogen-bond acceptors (Lipinski definition) is 4. The van der Waals surface area contributed by atoms with Crippen LogP contribution in [0.15, 0.2) is 18.2 Å². The molecular weight excluding hydrogens is 298 g/mol. The molecule has 0 spiro atoms. The zero-order valence-corrected chi connectivity index (χ0v) is 13.1.